The van der Waals surface area contributed by atoms with Crippen molar-refractivity contribution in [3.8, 4) is 0 Å². The topological polar surface area (TPSA) is 85.2 Å². The average Bonchev–Trinajstić information content (AvgIpc) is 2.27. The monoisotopic (exact) mass is 220 g/mol. The van der Waals surface area contributed by atoms with Crippen LogP contribution < -0.4 is 0 Å². The molecule has 0 aromatic heterocycles. The Morgan fingerprint density at radius 3 is 1.93 bits per heavy atom. The maximum atomic E-state index is 11.1. The summed E-state index contributed by atoms with van der Waals surface area (Å²) in [7, 11) is 1.24. The minimum atomic E-state index is -0.583. The van der Waals surface area contributed by atoms with Crippen molar-refractivity contribution >= 4 is 5.97 Å². The highest BCUT2D eigenvalue weighted by Crippen LogP contribution is 2.09. The van der Waals surface area contributed by atoms with E-state index < -0.39 is 5.97 Å². The molecule has 0 aromatic carbocycles. The first-order valence-corrected chi connectivity index (χ1v) is 4.43. The van der Waals surface area contributed by atoms with Crippen molar-refractivity contribution in [2.24, 2.45) is 0 Å². The number of aliphatic hydroxyl groups is 2. The van der Waals surface area contributed by atoms with Crippen molar-refractivity contribution in [3.05, 3.63) is 11.5 Å². The number of carbonyl (C=O) groups is 1. The minimum absolute atomic E-state index is 0.00902. The Labute approximate surface area is 88.1 Å². The molecule has 0 heterocycles. The van der Waals surface area contributed by atoms with Crippen molar-refractivity contribution in [1.82, 2.24) is 0 Å². The summed E-state index contributed by atoms with van der Waals surface area (Å²) >= 11 is 0. The first-order valence-electron chi connectivity index (χ1n) is 4.43. The molecule has 0 amide bonds. The van der Waals surface area contributed by atoms with Gasteiger partial charge in [0.05, 0.1) is 20.3 Å². The third-order valence-electron chi connectivity index (χ3n) is 1.45. The molecule has 0 aliphatic rings. The number of aliphatic hydroxyl groups excluding tert-OH is 2. The molecule has 0 saturated heterocycles. The summed E-state index contributed by atoms with van der Waals surface area (Å²) < 4.78 is 14.4. The van der Waals surface area contributed by atoms with E-state index in [0.29, 0.717) is 0 Å². The van der Waals surface area contributed by atoms with Crippen LogP contribution in [0.3, 0.4) is 0 Å². The SMILES string of the molecule is COC(=O)C(C)=C(OCCO)OCCO. The van der Waals surface area contributed by atoms with Crippen molar-refractivity contribution in [2.75, 3.05) is 33.5 Å². The van der Waals surface area contributed by atoms with Gasteiger partial charge in [-0.25, -0.2) is 4.79 Å². The van der Waals surface area contributed by atoms with Crippen LogP contribution in [0.4, 0.5) is 0 Å². The summed E-state index contributed by atoms with van der Waals surface area (Å²) in [6.45, 7) is 1.10. The van der Waals surface area contributed by atoms with Gasteiger partial charge < -0.3 is 24.4 Å². The summed E-state index contributed by atoms with van der Waals surface area (Å²) in [5.41, 5.74) is 0.152. The molecule has 0 atom stereocenters. The molecule has 0 aliphatic carbocycles. The molecule has 15 heavy (non-hydrogen) atoms. The molecule has 0 spiro atoms. The van der Waals surface area contributed by atoms with Crippen LogP contribution in [0.1, 0.15) is 6.92 Å². The van der Waals surface area contributed by atoms with E-state index >= 15 is 0 Å². The Hall–Kier alpha value is -1.27. The lowest BCUT2D eigenvalue weighted by Crippen LogP contribution is -2.12. The number of hydrogen-bond donors (Lipinski definition) is 2. The second kappa shape index (κ2) is 8.07. The predicted molar refractivity (Wildman–Crippen MR) is 50.8 cm³/mol. The van der Waals surface area contributed by atoms with Crippen LogP contribution in [0.15, 0.2) is 11.5 Å². The first-order chi connectivity index (χ1) is 7.17. The normalized spacial score (nSPS) is 9.33. The second-order valence-corrected chi connectivity index (χ2v) is 2.55. The van der Waals surface area contributed by atoms with E-state index in [0.717, 1.165) is 0 Å². The average molecular weight is 220 g/mol. The van der Waals surface area contributed by atoms with Gasteiger partial charge in [-0.1, -0.05) is 0 Å². The lowest BCUT2D eigenvalue weighted by molar-refractivity contribution is -0.137. The largest absolute Gasteiger partial charge is 0.465 e. The van der Waals surface area contributed by atoms with Gasteiger partial charge in [-0.3, -0.25) is 0 Å². The van der Waals surface area contributed by atoms with E-state index in [9.17, 15) is 4.79 Å². The number of ether oxygens (including phenoxy) is 3. The molecule has 88 valence electrons. The molecule has 6 heteroatoms. The number of esters is 1. The molecule has 0 unspecified atom stereocenters. The molecule has 0 rings (SSSR count). The molecule has 6 nitrogen and oxygen atoms in total. The van der Waals surface area contributed by atoms with Crippen LogP contribution in [0.5, 0.6) is 0 Å². The fourth-order valence-electron chi connectivity index (χ4n) is 0.771. The van der Waals surface area contributed by atoms with Gasteiger partial charge >= 0.3 is 5.97 Å². The van der Waals surface area contributed by atoms with E-state index in [4.69, 9.17) is 19.7 Å². The predicted octanol–water partition coefficient (Wildman–Crippen LogP) is -0.591. The Morgan fingerprint density at radius 2 is 1.60 bits per heavy atom. The Bertz CT molecular complexity index is 213. The van der Waals surface area contributed by atoms with Crippen LogP contribution in [-0.2, 0) is 19.0 Å². The zero-order chi connectivity index (χ0) is 11.7. The van der Waals surface area contributed by atoms with E-state index in [1.165, 1.54) is 14.0 Å². The highest BCUT2D eigenvalue weighted by Gasteiger charge is 2.14. The van der Waals surface area contributed by atoms with Crippen LogP contribution in [-0.4, -0.2) is 49.7 Å². The van der Waals surface area contributed by atoms with Gasteiger partial charge in [-0.05, 0) is 6.92 Å². The number of methoxy groups -OCH3 is 1. The summed E-state index contributed by atoms with van der Waals surface area (Å²) in [4.78, 5) is 11.1. The summed E-state index contributed by atoms with van der Waals surface area (Å²) in [6, 6.07) is 0. The third-order valence-corrected chi connectivity index (χ3v) is 1.45. The molecule has 0 aliphatic heterocycles. The smallest absolute Gasteiger partial charge is 0.340 e. The number of rotatable bonds is 7. The standard InChI is InChI=1S/C9H16O6/c1-7(8(12)13-2)9(14-5-3-10)15-6-4-11/h10-11H,3-6H2,1-2H3. The Morgan fingerprint density at radius 1 is 1.13 bits per heavy atom. The molecular formula is C9H16O6. The number of hydrogen-bond acceptors (Lipinski definition) is 6. The van der Waals surface area contributed by atoms with Gasteiger partial charge in [-0.15, -0.1) is 0 Å². The molecule has 0 fully saturated rings. The fourth-order valence-corrected chi connectivity index (χ4v) is 0.771. The van der Waals surface area contributed by atoms with Crippen LogP contribution in [0, 0.1) is 0 Å². The third kappa shape index (κ3) is 5.24. The van der Waals surface area contributed by atoms with Crippen molar-refractivity contribution < 1.29 is 29.2 Å². The Kier molecular flexibility index (Phi) is 7.39. The van der Waals surface area contributed by atoms with Gasteiger partial charge in [0.25, 0.3) is 5.95 Å². The second-order valence-electron chi connectivity index (χ2n) is 2.55. The molecule has 0 bridgehead atoms. The van der Waals surface area contributed by atoms with E-state index in [1.54, 1.807) is 0 Å². The lowest BCUT2D eigenvalue weighted by Gasteiger charge is -2.12. The Balaban J connectivity index is 4.48. The molecule has 0 aromatic rings. The minimum Gasteiger partial charge on any atom is -0.465 e. The van der Waals surface area contributed by atoms with E-state index in [-0.39, 0.29) is 37.9 Å². The zero-order valence-corrected chi connectivity index (χ0v) is 8.86. The van der Waals surface area contributed by atoms with Crippen LogP contribution in [0.2, 0.25) is 0 Å². The lowest BCUT2D eigenvalue weighted by atomic mass is 10.3. The van der Waals surface area contributed by atoms with Crippen LogP contribution in [0.25, 0.3) is 0 Å². The molecule has 2 N–H and O–H groups in total. The molecule has 0 saturated carbocycles. The molecule has 0 radical (unpaired) electrons. The zero-order valence-electron chi connectivity index (χ0n) is 8.86. The fraction of sp³-hybridized carbons (Fsp3) is 0.667. The van der Waals surface area contributed by atoms with Crippen molar-refractivity contribution in [3.63, 3.8) is 0 Å². The quantitative estimate of drug-likeness (QED) is 0.339. The van der Waals surface area contributed by atoms with Gasteiger partial charge in [0.1, 0.15) is 18.8 Å². The highest BCUT2D eigenvalue weighted by molar-refractivity contribution is 5.87. The summed E-state index contributed by atoms with van der Waals surface area (Å²) in [5, 5.41) is 17.1. The van der Waals surface area contributed by atoms with Crippen molar-refractivity contribution in [2.45, 2.75) is 6.92 Å². The maximum Gasteiger partial charge on any atom is 0.340 e. The van der Waals surface area contributed by atoms with Gasteiger partial charge in [0.2, 0.25) is 0 Å². The molecular weight excluding hydrogens is 204 g/mol. The number of carbonyl (C=O) groups excluding carboxylic acids is 1. The van der Waals surface area contributed by atoms with E-state index in [1.807, 2.05) is 0 Å². The van der Waals surface area contributed by atoms with Gasteiger partial charge in [-0.2, -0.15) is 0 Å². The van der Waals surface area contributed by atoms with Crippen molar-refractivity contribution in [1.29, 1.82) is 0 Å². The van der Waals surface area contributed by atoms with E-state index in [2.05, 4.69) is 4.74 Å². The van der Waals surface area contributed by atoms with Crippen LogP contribution >= 0.6 is 0 Å². The maximum absolute atomic E-state index is 11.1. The summed E-state index contributed by atoms with van der Waals surface area (Å²) in [5.74, 6) is -0.620. The highest BCUT2D eigenvalue weighted by atomic mass is 16.7. The first kappa shape index (κ1) is 13.7. The summed E-state index contributed by atoms with van der Waals surface area (Å²) in [6.07, 6.45) is 0. The van der Waals surface area contributed by atoms with Gasteiger partial charge in [0.15, 0.2) is 0 Å². The van der Waals surface area contributed by atoms with Gasteiger partial charge in [0, 0.05) is 0 Å².